The molecule has 0 unspecified atom stereocenters. The van der Waals surface area contributed by atoms with Gasteiger partial charge in [0.2, 0.25) is 0 Å². The second-order valence-corrected chi connectivity index (χ2v) is 3.49. The molecule has 0 aromatic carbocycles. The minimum Gasteiger partial charge on any atom is -0.505 e. The van der Waals surface area contributed by atoms with Gasteiger partial charge >= 0.3 is 5.97 Å². The third-order valence-electron chi connectivity index (χ3n) is 1.65. The summed E-state index contributed by atoms with van der Waals surface area (Å²) >= 11 is 2.76. The van der Waals surface area contributed by atoms with Crippen LogP contribution >= 0.6 is 15.9 Å². The van der Waals surface area contributed by atoms with Gasteiger partial charge in [-0.05, 0) is 15.9 Å². The highest BCUT2D eigenvalue weighted by Crippen LogP contribution is 2.35. The minimum absolute atomic E-state index is 0.154. The summed E-state index contributed by atoms with van der Waals surface area (Å²) in [5.74, 6) is -1.76. The number of hydrogen-bond acceptors (Lipinski definition) is 3. The van der Waals surface area contributed by atoms with Gasteiger partial charge < -0.3 is 10.2 Å². The first-order valence-corrected chi connectivity index (χ1v) is 4.59. The van der Waals surface area contributed by atoms with E-state index >= 15 is 0 Å². The Morgan fingerprint density at radius 1 is 1.60 bits per heavy atom. The minimum atomic E-state index is -2.78. The van der Waals surface area contributed by atoms with Gasteiger partial charge in [0.15, 0.2) is 5.75 Å². The molecule has 4 nitrogen and oxygen atoms in total. The fraction of sp³-hybridized carbons (Fsp3) is 0.250. The standard InChI is InChI=1S/C8H6BrF2NO3/c9-6-3(8(10)11)2-12-4(7(6)15)1-5(13)14/h2,8,15H,1H2,(H,13,14). The highest BCUT2D eigenvalue weighted by molar-refractivity contribution is 9.10. The Bertz CT molecular complexity index is 398. The molecule has 1 heterocycles. The van der Waals surface area contributed by atoms with E-state index in [1.807, 2.05) is 0 Å². The lowest BCUT2D eigenvalue weighted by atomic mass is 10.2. The van der Waals surface area contributed by atoms with Gasteiger partial charge in [0.05, 0.1) is 22.2 Å². The summed E-state index contributed by atoms with van der Waals surface area (Å²) < 4.78 is 24.4. The van der Waals surface area contributed by atoms with Crippen LogP contribution in [0.2, 0.25) is 0 Å². The van der Waals surface area contributed by atoms with Gasteiger partial charge in [-0.15, -0.1) is 0 Å². The van der Waals surface area contributed by atoms with Crippen LogP contribution in [0.5, 0.6) is 5.75 Å². The number of pyridine rings is 1. The van der Waals surface area contributed by atoms with Crippen molar-refractivity contribution in [1.29, 1.82) is 0 Å². The zero-order valence-corrected chi connectivity index (χ0v) is 8.83. The lowest BCUT2D eigenvalue weighted by Crippen LogP contribution is -2.04. The molecule has 82 valence electrons. The number of aliphatic carboxylic acids is 1. The van der Waals surface area contributed by atoms with E-state index in [0.717, 1.165) is 6.20 Å². The van der Waals surface area contributed by atoms with Crippen molar-refractivity contribution in [3.05, 3.63) is 21.9 Å². The number of carboxylic acid groups (broad SMARTS) is 1. The molecule has 1 aromatic heterocycles. The molecule has 7 heteroatoms. The molecule has 0 aliphatic rings. The van der Waals surface area contributed by atoms with E-state index in [1.54, 1.807) is 0 Å². The normalized spacial score (nSPS) is 10.7. The summed E-state index contributed by atoms with van der Waals surface area (Å²) in [4.78, 5) is 13.8. The Morgan fingerprint density at radius 3 is 2.67 bits per heavy atom. The molecular weight excluding hydrogens is 276 g/mol. The van der Waals surface area contributed by atoms with Crippen LogP contribution in [0.25, 0.3) is 0 Å². The molecule has 2 N–H and O–H groups in total. The van der Waals surface area contributed by atoms with Crippen molar-refractivity contribution in [2.75, 3.05) is 0 Å². The Hall–Kier alpha value is -1.24. The number of carboxylic acids is 1. The molecule has 0 bridgehead atoms. The zero-order valence-electron chi connectivity index (χ0n) is 7.25. The molecule has 0 radical (unpaired) electrons. The summed E-state index contributed by atoms with van der Waals surface area (Å²) in [5.41, 5.74) is -0.625. The zero-order chi connectivity index (χ0) is 11.6. The maximum Gasteiger partial charge on any atom is 0.309 e. The largest absolute Gasteiger partial charge is 0.505 e. The average molecular weight is 282 g/mol. The van der Waals surface area contributed by atoms with E-state index in [4.69, 9.17) is 5.11 Å². The number of hydrogen-bond donors (Lipinski definition) is 2. The van der Waals surface area contributed by atoms with Crippen LogP contribution in [0.4, 0.5) is 8.78 Å². The topological polar surface area (TPSA) is 70.4 Å². The van der Waals surface area contributed by atoms with Crippen molar-refractivity contribution in [3.63, 3.8) is 0 Å². The third-order valence-corrected chi connectivity index (χ3v) is 2.48. The van der Waals surface area contributed by atoms with Crippen LogP contribution in [-0.2, 0) is 11.2 Å². The molecular formula is C8H6BrF2NO3. The number of aromatic nitrogens is 1. The molecule has 0 amide bonds. The lowest BCUT2D eigenvalue weighted by Gasteiger charge is -2.07. The first-order chi connectivity index (χ1) is 6.93. The molecule has 0 atom stereocenters. The number of halogens is 3. The maximum atomic E-state index is 12.3. The highest BCUT2D eigenvalue weighted by atomic mass is 79.9. The summed E-state index contributed by atoms with van der Waals surface area (Å²) in [6.45, 7) is 0. The molecule has 0 fully saturated rings. The Labute approximate surface area is 91.7 Å². The van der Waals surface area contributed by atoms with Gasteiger partial charge in [0.1, 0.15) is 0 Å². The molecule has 1 rings (SSSR count). The van der Waals surface area contributed by atoms with E-state index in [0.29, 0.717) is 0 Å². The van der Waals surface area contributed by atoms with Gasteiger partial charge in [-0.25, -0.2) is 8.78 Å². The predicted molar refractivity (Wildman–Crippen MR) is 49.9 cm³/mol. The van der Waals surface area contributed by atoms with E-state index < -0.39 is 30.1 Å². The first kappa shape index (κ1) is 11.8. The number of nitrogens with zero attached hydrogens (tertiary/aromatic N) is 1. The SMILES string of the molecule is O=C(O)Cc1ncc(C(F)F)c(Br)c1O. The van der Waals surface area contributed by atoms with Gasteiger partial charge in [0.25, 0.3) is 6.43 Å². The lowest BCUT2D eigenvalue weighted by molar-refractivity contribution is -0.136. The van der Waals surface area contributed by atoms with Gasteiger partial charge in [-0.3, -0.25) is 9.78 Å². The molecule has 0 saturated carbocycles. The number of alkyl halides is 2. The van der Waals surface area contributed by atoms with Crippen molar-refractivity contribution in [2.45, 2.75) is 12.8 Å². The van der Waals surface area contributed by atoms with Crippen molar-refractivity contribution >= 4 is 21.9 Å². The first-order valence-electron chi connectivity index (χ1n) is 3.79. The van der Waals surface area contributed by atoms with E-state index in [9.17, 15) is 18.7 Å². The van der Waals surface area contributed by atoms with E-state index in [1.165, 1.54) is 0 Å². The quantitative estimate of drug-likeness (QED) is 0.890. The van der Waals surface area contributed by atoms with Gasteiger partial charge in [-0.2, -0.15) is 0 Å². The number of rotatable bonds is 3. The van der Waals surface area contributed by atoms with Gasteiger partial charge in [-0.1, -0.05) is 0 Å². The monoisotopic (exact) mass is 281 g/mol. The second kappa shape index (κ2) is 4.52. The highest BCUT2D eigenvalue weighted by Gasteiger charge is 2.19. The molecule has 0 saturated heterocycles. The molecule has 15 heavy (non-hydrogen) atoms. The fourth-order valence-corrected chi connectivity index (χ4v) is 1.46. The smallest absolute Gasteiger partial charge is 0.309 e. The van der Waals surface area contributed by atoms with Gasteiger partial charge in [0, 0.05) is 6.20 Å². The van der Waals surface area contributed by atoms with Crippen LogP contribution in [-0.4, -0.2) is 21.2 Å². The van der Waals surface area contributed by atoms with E-state index in [2.05, 4.69) is 20.9 Å². The van der Waals surface area contributed by atoms with Crippen molar-refractivity contribution in [2.24, 2.45) is 0 Å². The Balaban J connectivity index is 3.15. The molecule has 0 aliphatic heterocycles. The molecule has 0 aliphatic carbocycles. The van der Waals surface area contributed by atoms with Crippen LogP contribution < -0.4 is 0 Å². The molecule has 0 spiro atoms. The summed E-state index contributed by atoms with van der Waals surface area (Å²) in [5, 5.41) is 17.8. The van der Waals surface area contributed by atoms with Crippen LogP contribution in [0.3, 0.4) is 0 Å². The summed E-state index contributed by atoms with van der Waals surface area (Å²) in [6, 6.07) is 0. The number of aromatic hydroxyl groups is 1. The maximum absolute atomic E-state index is 12.3. The van der Waals surface area contributed by atoms with Crippen molar-refractivity contribution in [1.82, 2.24) is 4.98 Å². The third kappa shape index (κ3) is 2.62. The fourth-order valence-electron chi connectivity index (χ4n) is 0.953. The summed E-state index contributed by atoms with van der Waals surface area (Å²) in [6.07, 6.45) is -2.46. The molecule has 1 aromatic rings. The Morgan fingerprint density at radius 2 is 2.20 bits per heavy atom. The second-order valence-electron chi connectivity index (χ2n) is 2.69. The van der Waals surface area contributed by atoms with Crippen LogP contribution in [0, 0.1) is 0 Å². The summed E-state index contributed by atoms with van der Waals surface area (Å²) in [7, 11) is 0. The van der Waals surface area contributed by atoms with Crippen LogP contribution in [0.15, 0.2) is 10.7 Å². The number of carbonyl (C=O) groups is 1. The van der Waals surface area contributed by atoms with Crippen LogP contribution in [0.1, 0.15) is 17.7 Å². The van der Waals surface area contributed by atoms with E-state index in [-0.39, 0.29) is 10.2 Å². The van der Waals surface area contributed by atoms with Crippen molar-refractivity contribution < 1.29 is 23.8 Å². The predicted octanol–water partition coefficient (Wildman–Crippen LogP) is 2.11. The van der Waals surface area contributed by atoms with Crippen molar-refractivity contribution in [3.8, 4) is 5.75 Å². The average Bonchev–Trinajstić information content (AvgIpc) is 2.12. The Kier molecular flexibility index (Phi) is 3.57.